The number of rotatable bonds is 2. The topological polar surface area (TPSA) is 68.9 Å². The minimum Gasteiger partial charge on any atom is -0.264 e. The van der Waals surface area contributed by atoms with Crippen molar-refractivity contribution in [2.75, 3.05) is 0 Å². The van der Waals surface area contributed by atoms with Crippen LogP contribution in [0.3, 0.4) is 0 Å². The maximum atomic E-state index is 10.0. The summed E-state index contributed by atoms with van der Waals surface area (Å²) in [5, 5.41) is 10.1. The van der Waals surface area contributed by atoms with E-state index < -0.39 is 4.92 Å². The molecule has 0 radical (unpaired) electrons. The number of hydrogen-bond acceptors (Lipinski definition) is 4. The quantitative estimate of drug-likeness (QED) is 0.492. The first kappa shape index (κ1) is 7.87. The average molecular weight is 174 g/mol. The molecule has 5 nitrogen and oxygen atoms in total. The fourth-order valence-electron chi connectivity index (χ4n) is 0.578. The Morgan fingerprint density at radius 2 is 2.18 bits per heavy atom. The lowest BCUT2D eigenvalue weighted by Crippen LogP contribution is -2.01. The Bertz CT molecular complexity index is 278. The van der Waals surface area contributed by atoms with E-state index in [0.717, 1.165) is 0 Å². The Morgan fingerprint density at radius 1 is 1.55 bits per heavy atom. The van der Waals surface area contributed by atoms with Crippen molar-refractivity contribution >= 4 is 11.6 Å². The summed E-state index contributed by atoms with van der Waals surface area (Å²) in [6.07, 6.45) is 2.75. The van der Waals surface area contributed by atoms with Crippen LogP contribution >= 0.6 is 11.6 Å². The van der Waals surface area contributed by atoms with Gasteiger partial charge in [-0.2, -0.15) is 0 Å². The van der Waals surface area contributed by atoms with Gasteiger partial charge in [-0.15, -0.1) is 0 Å². The van der Waals surface area contributed by atoms with E-state index in [-0.39, 0.29) is 17.4 Å². The van der Waals surface area contributed by atoms with E-state index in [0.29, 0.717) is 0 Å². The van der Waals surface area contributed by atoms with Crippen LogP contribution in [-0.4, -0.2) is 14.9 Å². The van der Waals surface area contributed by atoms with Crippen LogP contribution < -0.4 is 0 Å². The number of nitro groups is 1. The molecule has 1 rings (SSSR count). The van der Waals surface area contributed by atoms with Crippen molar-refractivity contribution in [3.63, 3.8) is 0 Å². The van der Waals surface area contributed by atoms with Gasteiger partial charge in [0.1, 0.15) is 5.69 Å². The summed E-state index contributed by atoms with van der Waals surface area (Å²) in [4.78, 5) is 16.8. The Morgan fingerprint density at radius 3 is 2.73 bits per heavy atom. The predicted molar refractivity (Wildman–Crippen MR) is 37.7 cm³/mol. The van der Waals surface area contributed by atoms with Gasteiger partial charge in [0.25, 0.3) is 0 Å². The molecule has 6 heteroatoms. The first-order valence-corrected chi connectivity index (χ1v) is 3.15. The van der Waals surface area contributed by atoms with Crippen LogP contribution in [0.25, 0.3) is 0 Å². The normalized spacial score (nSPS) is 9.55. The molecular formula is C5H4ClN3O2. The minimum atomic E-state index is -0.504. The molecule has 0 aliphatic rings. The SMILES string of the molecule is O=[N+]([O-])Cc1nccnc1Cl. The highest BCUT2D eigenvalue weighted by molar-refractivity contribution is 6.29. The zero-order chi connectivity index (χ0) is 8.27. The van der Waals surface area contributed by atoms with Crippen molar-refractivity contribution in [1.82, 2.24) is 9.97 Å². The van der Waals surface area contributed by atoms with Crippen LogP contribution in [0.5, 0.6) is 0 Å². The van der Waals surface area contributed by atoms with Gasteiger partial charge >= 0.3 is 0 Å². The Labute approximate surface area is 67.2 Å². The van der Waals surface area contributed by atoms with Crippen molar-refractivity contribution in [3.8, 4) is 0 Å². The van der Waals surface area contributed by atoms with E-state index in [1.54, 1.807) is 0 Å². The van der Waals surface area contributed by atoms with Gasteiger partial charge in [0, 0.05) is 17.3 Å². The third-order valence-electron chi connectivity index (χ3n) is 1.00. The molecule has 0 atom stereocenters. The van der Waals surface area contributed by atoms with Crippen LogP contribution in [0, 0.1) is 10.1 Å². The van der Waals surface area contributed by atoms with Gasteiger partial charge in [-0.1, -0.05) is 11.6 Å². The van der Waals surface area contributed by atoms with E-state index >= 15 is 0 Å². The largest absolute Gasteiger partial charge is 0.264 e. The fourth-order valence-corrected chi connectivity index (χ4v) is 0.743. The summed E-state index contributed by atoms with van der Waals surface area (Å²) in [5.41, 5.74) is 0.194. The van der Waals surface area contributed by atoms with E-state index in [4.69, 9.17) is 11.6 Å². The standard InChI is InChI=1S/C5H4ClN3O2/c6-5-4(3-9(10)11)7-1-2-8-5/h1-2H,3H2. The van der Waals surface area contributed by atoms with Crippen LogP contribution in [-0.2, 0) is 6.54 Å². The van der Waals surface area contributed by atoms with Crippen LogP contribution in [0.15, 0.2) is 12.4 Å². The molecule has 11 heavy (non-hydrogen) atoms. The smallest absolute Gasteiger partial charge is 0.248 e. The summed E-state index contributed by atoms with van der Waals surface area (Å²) < 4.78 is 0. The Hall–Kier alpha value is -1.23. The molecule has 0 aromatic carbocycles. The van der Waals surface area contributed by atoms with Gasteiger partial charge in [-0.3, -0.25) is 10.1 Å². The maximum absolute atomic E-state index is 10.0. The lowest BCUT2D eigenvalue weighted by atomic mass is 10.4. The highest BCUT2D eigenvalue weighted by Crippen LogP contribution is 2.08. The molecule has 0 saturated carbocycles. The number of nitrogens with zero attached hydrogens (tertiary/aromatic N) is 3. The molecule has 1 aromatic heterocycles. The van der Waals surface area contributed by atoms with E-state index in [9.17, 15) is 10.1 Å². The van der Waals surface area contributed by atoms with Crippen molar-refractivity contribution in [1.29, 1.82) is 0 Å². The summed E-state index contributed by atoms with van der Waals surface area (Å²) in [5.74, 6) is 0. The molecule has 0 aliphatic carbocycles. The van der Waals surface area contributed by atoms with Crippen molar-refractivity contribution in [3.05, 3.63) is 33.4 Å². The predicted octanol–water partition coefficient (Wildman–Crippen LogP) is 0.907. The number of hydrogen-bond donors (Lipinski definition) is 0. The summed E-state index contributed by atoms with van der Waals surface area (Å²) in [6.45, 7) is -0.382. The molecule has 0 unspecified atom stereocenters. The Kier molecular flexibility index (Phi) is 2.32. The van der Waals surface area contributed by atoms with Gasteiger partial charge in [0.05, 0.1) is 0 Å². The second-order valence-corrected chi connectivity index (χ2v) is 2.14. The molecular weight excluding hydrogens is 170 g/mol. The summed E-state index contributed by atoms with van der Waals surface area (Å²) in [7, 11) is 0. The molecule has 0 bridgehead atoms. The monoisotopic (exact) mass is 173 g/mol. The molecule has 0 spiro atoms. The molecule has 0 saturated heterocycles. The van der Waals surface area contributed by atoms with Crippen molar-refractivity contribution in [2.45, 2.75) is 6.54 Å². The number of halogens is 1. The van der Waals surface area contributed by atoms with Crippen LogP contribution in [0.4, 0.5) is 0 Å². The highest BCUT2D eigenvalue weighted by Gasteiger charge is 2.07. The highest BCUT2D eigenvalue weighted by atomic mass is 35.5. The lowest BCUT2D eigenvalue weighted by molar-refractivity contribution is -0.497. The van der Waals surface area contributed by atoms with E-state index in [2.05, 4.69) is 9.97 Å². The first-order valence-electron chi connectivity index (χ1n) is 2.77. The third-order valence-corrected chi connectivity index (χ3v) is 1.32. The molecule has 0 amide bonds. The van der Waals surface area contributed by atoms with E-state index in [1.807, 2.05) is 0 Å². The maximum Gasteiger partial charge on any atom is 0.248 e. The second-order valence-electron chi connectivity index (χ2n) is 1.78. The van der Waals surface area contributed by atoms with Gasteiger partial charge in [-0.05, 0) is 0 Å². The van der Waals surface area contributed by atoms with Gasteiger partial charge in [0.15, 0.2) is 5.15 Å². The fraction of sp³-hybridized carbons (Fsp3) is 0.200. The molecule has 0 fully saturated rings. The number of aromatic nitrogens is 2. The minimum absolute atomic E-state index is 0.0872. The average Bonchev–Trinajstić information content (AvgIpc) is 1.93. The van der Waals surface area contributed by atoms with Gasteiger partial charge < -0.3 is 0 Å². The van der Waals surface area contributed by atoms with Gasteiger partial charge in [-0.25, -0.2) is 9.97 Å². The molecule has 1 heterocycles. The molecule has 1 aromatic rings. The zero-order valence-electron chi connectivity index (χ0n) is 5.40. The molecule has 0 N–H and O–H groups in total. The van der Waals surface area contributed by atoms with Crippen molar-refractivity contribution < 1.29 is 4.92 Å². The summed E-state index contributed by atoms with van der Waals surface area (Å²) in [6, 6.07) is 0. The second kappa shape index (κ2) is 3.25. The molecule has 58 valence electrons. The first-order chi connectivity index (χ1) is 5.20. The third kappa shape index (κ3) is 2.12. The van der Waals surface area contributed by atoms with Gasteiger partial charge in [0.2, 0.25) is 6.54 Å². The zero-order valence-corrected chi connectivity index (χ0v) is 6.15. The van der Waals surface area contributed by atoms with Crippen LogP contribution in [0.1, 0.15) is 5.69 Å². The molecule has 0 aliphatic heterocycles. The lowest BCUT2D eigenvalue weighted by Gasteiger charge is -1.94. The Balaban J connectivity index is 2.86. The summed E-state index contributed by atoms with van der Waals surface area (Å²) >= 11 is 5.49. The van der Waals surface area contributed by atoms with E-state index in [1.165, 1.54) is 12.4 Å². The van der Waals surface area contributed by atoms with Crippen molar-refractivity contribution in [2.24, 2.45) is 0 Å². The van der Waals surface area contributed by atoms with Crippen LogP contribution in [0.2, 0.25) is 5.15 Å².